The van der Waals surface area contributed by atoms with Crippen LogP contribution in [-0.4, -0.2) is 16.9 Å². The minimum atomic E-state index is -2.59. The Morgan fingerprint density at radius 3 is 2.22 bits per heavy atom. The predicted molar refractivity (Wildman–Crippen MR) is 57.1 cm³/mol. The molecule has 0 aliphatic carbocycles. The first-order valence-corrected chi connectivity index (χ1v) is 4.69. The SMILES string of the molecule is Nc1c(C(=O)O)cccc1C(=O)CC(F)=C(F)F. The van der Waals surface area contributed by atoms with Crippen LogP contribution in [0.5, 0.6) is 0 Å². The fourth-order valence-electron chi connectivity index (χ4n) is 1.30. The highest BCUT2D eigenvalue weighted by molar-refractivity contribution is 6.06. The maximum atomic E-state index is 12.6. The van der Waals surface area contributed by atoms with E-state index < -0.39 is 30.1 Å². The molecule has 4 nitrogen and oxygen atoms in total. The van der Waals surface area contributed by atoms with E-state index in [4.69, 9.17) is 10.8 Å². The van der Waals surface area contributed by atoms with Crippen molar-refractivity contribution >= 4 is 17.4 Å². The smallest absolute Gasteiger partial charge is 0.337 e. The average Bonchev–Trinajstić information content (AvgIpc) is 2.28. The molecular weight excluding hydrogens is 251 g/mol. The first-order valence-electron chi connectivity index (χ1n) is 4.69. The number of carboxylic acid groups (broad SMARTS) is 1. The Labute approximate surface area is 99.5 Å². The molecule has 0 saturated heterocycles. The summed E-state index contributed by atoms with van der Waals surface area (Å²) in [6.07, 6.45) is -3.74. The van der Waals surface area contributed by atoms with Gasteiger partial charge in [-0.25, -0.2) is 9.18 Å². The fraction of sp³-hybridized carbons (Fsp3) is 0.0909. The van der Waals surface area contributed by atoms with Gasteiger partial charge in [0.05, 0.1) is 17.7 Å². The zero-order valence-electron chi connectivity index (χ0n) is 8.91. The van der Waals surface area contributed by atoms with Gasteiger partial charge in [0.15, 0.2) is 11.6 Å². The van der Waals surface area contributed by atoms with Gasteiger partial charge in [0, 0.05) is 5.56 Å². The summed E-state index contributed by atoms with van der Waals surface area (Å²) in [6.45, 7) is 0. The number of nitrogens with two attached hydrogens (primary N) is 1. The summed E-state index contributed by atoms with van der Waals surface area (Å²) in [4.78, 5) is 22.2. The molecule has 0 atom stereocenters. The van der Waals surface area contributed by atoms with Gasteiger partial charge in [0.2, 0.25) is 0 Å². The normalized spacial score (nSPS) is 9.94. The first-order chi connectivity index (χ1) is 8.34. The molecule has 0 amide bonds. The number of anilines is 1. The van der Waals surface area contributed by atoms with E-state index in [-0.39, 0.29) is 16.8 Å². The minimum Gasteiger partial charge on any atom is -0.478 e. The van der Waals surface area contributed by atoms with E-state index in [0.717, 1.165) is 12.1 Å². The zero-order valence-corrected chi connectivity index (χ0v) is 8.91. The van der Waals surface area contributed by atoms with E-state index in [1.807, 2.05) is 0 Å². The number of nitrogen functional groups attached to an aromatic ring is 1. The molecule has 0 aromatic heterocycles. The number of rotatable bonds is 4. The van der Waals surface area contributed by atoms with Gasteiger partial charge < -0.3 is 10.8 Å². The summed E-state index contributed by atoms with van der Waals surface area (Å²) >= 11 is 0. The number of halogens is 3. The lowest BCUT2D eigenvalue weighted by Crippen LogP contribution is -2.09. The van der Waals surface area contributed by atoms with Crippen LogP contribution < -0.4 is 5.73 Å². The molecule has 18 heavy (non-hydrogen) atoms. The second-order valence-electron chi connectivity index (χ2n) is 3.34. The summed E-state index contributed by atoms with van der Waals surface area (Å²) < 4.78 is 36.3. The second-order valence-corrected chi connectivity index (χ2v) is 3.34. The average molecular weight is 259 g/mol. The van der Waals surface area contributed by atoms with Crippen molar-refractivity contribution < 1.29 is 27.9 Å². The van der Waals surface area contributed by atoms with Gasteiger partial charge in [-0.3, -0.25) is 4.79 Å². The van der Waals surface area contributed by atoms with Gasteiger partial charge in [-0.15, -0.1) is 0 Å². The van der Waals surface area contributed by atoms with E-state index in [1.54, 1.807) is 0 Å². The third-order valence-electron chi connectivity index (χ3n) is 2.16. The van der Waals surface area contributed by atoms with E-state index in [0.29, 0.717) is 0 Å². The van der Waals surface area contributed by atoms with Gasteiger partial charge in [-0.2, -0.15) is 8.78 Å². The lowest BCUT2D eigenvalue weighted by Gasteiger charge is -2.06. The van der Waals surface area contributed by atoms with Crippen molar-refractivity contribution in [3.8, 4) is 0 Å². The largest absolute Gasteiger partial charge is 0.478 e. The standard InChI is InChI=1S/C11H8F3NO3/c12-7(10(13)14)4-8(16)5-2-1-3-6(9(5)15)11(17)18/h1-3H,4,15H2,(H,17,18). The van der Waals surface area contributed by atoms with Gasteiger partial charge >= 0.3 is 12.0 Å². The van der Waals surface area contributed by atoms with Crippen LogP contribution in [-0.2, 0) is 0 Å². The summed E-state index contributed by atoms with van der Waals surface area (Å²) in [5, 5.41) is 8.75. The molecule has 0 radical (unpaired) electrons. The molecule has 0 aliphatic heterocycles. The highest BCUT2D eigenvalue weighted by Gasteiger charge is 2.19. The van der Waals surface area contributed by atoms with Gasteiger partial charge in [-0.05, 0) is 12.1 Å². The molecule has 1 aromatic carbocycles. The van der Waals surface area contributed by atoms with Crippen molar-refractivity contribution in [3.63, 3.8) is 0 Å². The molecule has 3 N–H and O–H groups in total. The van der Waals surface area contributed by atoms with Gasteiger partial charge in [-0.1, -0.05) is 6.07 Å². The number of hydrogen-bond acceptors (Lipinski definition) is 3. The molecule has 0 spiro atoms. The van der Waals surface area contributed by atoms with Crippen molar-refractivity contribution in [2.45, 2.75) is 6.42 Å². The molecule has 96 valence electrons. The Balaban J connectivity index is 3.12. The zero-order chi connectivity index (χ0) is 13.9. The van der Waals surface area contributed by atoms with Crippen molar-refractivity contribution in [3.05, 3.63) is 41.2 Å². The number of hydrogen-bond donors (Lipinski definition) is 2. The monoisotopic (exact) mass is 259 g/mol. The number of para-hydroxylation sites is 1. The van der Waals surface area contributed by atoms with Gasteiger partial charge in [0.1, 0.15) is 0 Å². The summed E-state index contributed by atoms with van der Waals surface area (Å²) in [7, 11) is 0. The highest BCUT2D eigenvalue weighted by Crippen LogP contribution is 2.22. The number of carbonyl (C=O) groups is 2. The topological polar surface area (TPSA) is 80.4 Å². The van der Waals surface area contributed by atoms with Crippen LogP contribution >= 0.6 is 0 Å². The Morgan fingerprint density at radius 2 is 1.72 bits per heavy atom. The lowest BCUT2D eigenvalue weighted by molar-refractivity contribution is 0.0698. The van der Waals surface area contributed by atoms with E-state index in [2.05, 4.69) is 0 Å². The predicted octanol–water partition coefficient (Wildman–Crippen LogP) is 2.62. The van der Waals surface area contributed by atoms with E-state index >= 15 is 0 Å². The number of ketones is 1. The number of carboxylic acids is 1. The molecule has 0 aliphatic rings. The Bertz CT molecular complexity index is 536. The maximum absolute atomic E-state index is 12.6. The van der Waals surface area contributed by atoms with E-state index in [9.17, 15) is 22.8 Å². The van der Waals surface area contributed by atoms with Crippen LogP contribution in [0.1, 0.15) is 27.1 Å². The number of aromatic carboxylic acids is 1. The summed E-state index contributed by atoms with van der Waals surface area (Å²) in [5.41, 5.74) is 4.39. The first kappa shape index (κ1) is 13.8. The van der Waals surface area contributed by atoms with Crippen LogP contribution in [0.15, 0.2) is 30.1 Å². The minimum absolute atomic E-state index is 0.300. The van der Waals surface area contributed by atoms with Crippen LogP contribution in [0.3, 0.4) is 0 Å². The molecule has 1 rings (SSSR count). The number of carbonyl (C=O) groups excluding carboxylic acids is 1. The second kappa shape index (κ2) is 5.35. The highest BCUT2D eigenvalue weighted by atomic mass is 19.3. The summed E-state index contributed by atoms with van der Waals surface area (Å²) in [5.74, 6) is -4.24. The van der Waals surface area contributed by atoms with Crippen molar-refractivity contribution in [2.24, 2.45) is 0 Å². The third-order valence-corrected chi connectivity index (χ3v) is 2.16. The number of benzene rings is 1. The van der Waals surface area contributed by atoms with Crippen LogP contribution in [0.4, 0.5) is 18.9 Å². The molecule has 7 heteroatoms. The van der Waals surface area contributed by atoms with Crippen molar-refractivity contribution in [2.75, 3.05) is 5.73 Å². The van der Waals surface area contributed by atoms with Crippen molar-refractivity contribution in [1.29, 1.82) is 0 Å². The Hall–Kier alpha value is -2.31. The quantitative estimate of drug-likeness (QED) is 0.643. The molecule has 1 aromatic rings. The molecular formula is C11H8F3NO3. The maximum Gasteiger partial charge on any atom is 0.337 e. The van der Waals surface area contributed by atoms with E-state index in [1.165, 1.54) is 6.07 Å². The number of Topliss-reactive ketones (excluding diaryl/α,β-unsaturated/α-hetero) is 1. The molecule has 0 bridgehead atoms. The molecule has 0 saturated carbocycles. The lowest BCUT2D eigenvalue weighted by atomic mass is 10.0. The third kappa shape index (κ3) is 2.88. The number of allylic oxidation sites excluding steroid dienone is 1. The van der Waals surface area contributed by atoms with Crippen molar-refractivity contribution in [1.82, 2.24) is 0 Å². The molecule has 0 fully saturated rings. The Morgan fingerprint density at radius 1 is 1.17 bits per heavy atom. The summed E-state index contributed by atoms with van der Waals surface area (Å²) in [6, 6.07) is 3.52. The fourth-order valence-corrected chi connectivity index (χ4v) is 1.30. The Kier molecular flexibility index (Phi) is 4.09. The molecule has 0 unspecified atom stereocenters. The van der Waals surface area contributed by atoms with Gasteiger partial charge in [0.25, 0.3) is 0 Å². The molecule has 0 heterocycles. The van der Waals surface area contributed by atoms with Crippen LogP contribution in [0.25, 0.3) is 0 Å². The van der Waals surface area contributed by atoms with Crippen LogP contribution in [0, 0.1) is 0 Å². The van der Waals surface area contributed by atoms with Crippen LogP contribution in [0.2, 0.25) is 0 Å².